The van der Waals surface area contributed by atoms with Crippen LogP contribution < -0.4 is 16.0 Å². The number of hydrogen-bond acceptors (Lipinski definition) is 17. The predicted molar refractivity (Wildman–Crippen MR) is 150 cm³/mol. The summed E-state index contributed by atoms with van der Waals surface area (Å²) in [5, 5.41) is 31.6. The number of carbonyl (C=O) groups excluding carboxylic acids is 1. The molecule has 0 bridgehead atoms. The predicted octanol–water partition coefficient (Wildman–Crippen LogP) is -2.90. The van der Waals surface area contributed by atoms with Crippen LogP contribution in [0.15, 0.2) is 37.2 Å². The summed E-state index contributed by atoms with van der Waals surface area (Å²) in [5.41, 5.74) is 10.8. The van der Waals surface area contributed by atoms with Gasteiger partial charge in [0.25, 0.3) is 12.1 Å². The zero-order valence-corrected chi connectivity index (χ0v) is 26.5. The number of primary amides is 1. The lowest BCUT2D eigenvalue weighted by molar-refractivity contribution is -0.765. The summed E-state index contributed by atoms with van der Waals surface area (Å²) in [5.74, 6) is -1.03. The fourth-order valence-electron chi connectivity index (χ4n) is 4.77. The van der Waals surface area contributed by atoms with Gasteiger partial charge in [0.1, 0.15) is 47.9 Å². The number of aliphatic hydroxyl groups excluding tert-OH is 3. The van der Waals surface area contributed by atoms with Crippen LogP contribution in [0.2, 0.25) is 0 Å². The number of fused-ring (bicyclic) bond motifs is 1. The van der Waals surface area contributed by atoms with Crippen LogP contribution in [0.1, 0.15) is 24.2 Å². The van der Waals surface area contributed by atoms with Crippen molar-refractivity contribution in [3.8, 4) is 0 Å². The Kier molecular flexibility index (Phi) is 10.1. The lowest BCUT2D eigenvalue weighted by Gasteiger charge is -2.22. The molecule has 5 heterocycles. The Balaban J connectivity index is 1.21. The van der Waals surface area contributed by atoms with E-state index in [1.807, 2.05) is 0 Å². The summed E-state index contributed by atoms with van der Waals surface area (Å²) in [6.07, 6.45) is -9.00. The molecule has 0 radical (unpaired) electrons. The summed E-state index contributed by atoms with van der Waals surface area (Å²) in [6.45, 7) is -2.08. The van der Waals surface area contributed by atoms with Crippen molar-refractivity contribution in [1.29, 1.82) is 0 Å². The number of rotatable bonds is 13. The molecular weight excluding hydrogens is 715 g/mol. The number of amides is 1. The molecule has 1 amide bonds. The topological polar surface area (TPSA) is 365 Å². The summed E-state index contributed by atoms with van der Waals surface area (Å²) in [7, 11) is -16.3. The number of aromatic nitrogens is 5. The summed E-state index contributed by atoms with van der Waals surface area (Å²) in [6, 6.07) is 0.924. The minimum Gasteiger partial charge on any atom is -0.387 e. The standard InChI is InChI=1S/C21H28N7O17P3/c22-17-12-19(25-7-24-17)28(8-26-12)21-16(44-46(33,34)35)14(30)11(43-21)6-41-48(38,39)45-47(36,37)40-5-10-13(29)15(31)20(42-10)27-3-1-2-9(4-27)18(23)32/h1-4,7-8,10-11,13-16,20-21,29-31H,5-6H2,(H7-,22,23,24,25,32,33,34,35,36,37,38,39)/p+1/t10-,11-,13-,14-,15-,16-,20-,21-/m1/s1/i2D. The molecule has 264 valence electrons. The van der Waals surface area contributed by atoms with Crippen LogP contribution in [-0.2, 0) is 41.1 Å². The molecule has 48 heavy (non-hydrogen) atoms. The van der Waals surface area contributed by atoms with Gasteiger partial charge in [-0.2, -0.15) is 8.88 Å². The van der Waals surface area contributed by atoms with E-state index in [-0.39, 0.29) is 28.6 Å². The van der Waals surface area contributed by atoms with E-state index in [1.165, 1.54) is 6.20 Å². The number of nitrogens with two attached hydrogens (primary N) is 2. The van der Waals surface area contributed by atoms with Crippen LogP contribution in [0.25, 0.3) is 11.2 Å². The maximum Gasteiger partial charge on any atom is 0.481 e. The Morgan fingerprint density at radius 3 is 2.27 bits per heavy atom. The summed E-state index contributed by atoms with van der Waals surface area (Å²) >= 11 is 0. The summed E-state index contributed by atoms with van der Waals surface area (Å²) in [4.78, 5) is 62.3. The highest BCUT2D eigenvalue weighted by atomic mass is 31.3. The number of nitrogens with zero attached hydrogens (tertiary/aromatic N) is 5. The van der Waals surface area contributed by atoms with Crippen molar-refractivity contribution in [1.82, 2.24) is 19.5 Å². The van der Waals surface area contributed by atoms with Crippen LogP contribution >= 0.6 is 23.5 Å². The number of phosphoric ester groups is 3. The fraction of sp³-hybridized carbons (Fsp3) is 0.476. The molecule has 10 atom stereocenters. The summed E-state index contributed by atoms with van der Waals surface area (Å²) < 4.78 is 76.0. The quantitative estimate of drug-likeness (QED) is 0.0626. The molecule has 0 spiro atoms. The van der Waals surface area contributed by atoms with Gasteiger partial charge in [-0.25, -0.2) is 28.6 Å². The van der Waals surface area contributed by atoms with Gasteiger partial charge in [-0.05, 0) is 6.04 Å². The van der Waals surface area contributed by atoms with Gasteiger partial charge in [0.05, 0.1) is 20.9 Å². The van der Waals surface area contributed by atoms with Crippen LogP contribution in [-0.4, -0.2) is 110 Å². The molecule has 0 aliphatic carbocycles. The van der Waals surface area contributed by atoms with Crippen molar-refractivity contribution in [2.45, 2.75) is 49.1 Å². The number of hydrogen-bond donors (Lipinski definition) is 9. The highest BCUT2D eigenvalue weighted by Gasteiger charge is 2.51. The molecular formula is C21H29N7O17P3+. The van der Waals surface area contributed by atoms with Crippen LogP contribution in [0.3, 0.4) is 0 Å². The van der Waals surface area contributed by atoms with Crippen molar-refractivity contribution in [2.75, 3.05) is 18.9 Å². The van der Waals surface area contributed by atoms with Crippen molar-refractivity contribution in [3.05, 3.63) is 42.7 Å². The van der Waals surface area contributed by atoms with Gasteiger partial charge in [0.15, 0.2) is 36.2 Å². The van der Waals surface area contributed by atoms with E-state index in [0.29, 0.717) is 0 Å². The first-order chi connectivity index (χ1) is 22.8. The number of aliphatic hydroxyl groups is 3. The van der Waals surface area contributed by atoms with E-state index >= 15 is 0 Å². The van der Waals surface area contributed by atoms with E-state index in [2.05, 4.69) is 32.8 Å². The second-order valence-electron chi connectivity index (χ2n) is 10.2. The van der Waals surface area contributed by atoms with E-state index < -0.39 is 91.7 Å². The molecule has 3 aromatic rings. The average molecular weight is 745 g/mol. The Morgan fingerprint density at radius 1 is 1.00 bits per heavy atom. The molecule has 2 fully saturated rings. The first-order valence-corrected chi connectivity index (χ1v) is 17.8. The van der Waals surface area contributed by atoms with Gasteiger partial charge in [0.2, 0.25) is 0 Å². The van der Waals surface area contributed by atoms with E-state index in [0.717, 1.165) is 34.1 Å². The maximum atomic E-state index is 12.6. The van der Waals surface area contributed by atoms with Crippen LogP contribution in [0.4, 0.5) is 5.82 Å². The molecule has 27 heteroatoms. The average Bonchev–Trinajstić information content (AvgIpc) is 3.64. The lowest BCUT2D eigenvalue weighted by Crippen LogP contribution is -2.46. The monoisotopic (exact) mass is 745 g/mol. The molecule has 0 saturated carbocycles. The minimum atomic E-state index is -5.55. The molecule has 3 aromatic heterocycles. The Bertz CT molecular complexity index is 1870. The third-order valence-corrected chi connectivity index (χ3v) is 10.0. The van der Waals surface area contributed by atoms with Gasteiger partial charge in [0, 0.05) is 6.07 Å². The number of anilines is 1. The van der Waals surface area contributed by atoms with E-state index in [9.17, 15) is 53.4 Å². The number of phosphoric acid groups is 3. The van der Waals surface area contributed by atoms with Gasteiger partial charge >= 0.3 is 23.5 Å². The minimum absolute atomic E-state index is 0.00455. The van der Waals surface area contributed by atoms with Gasteiger partial charge in [-0.1, -0.05) is 0 Å². The van der Waals surface area contributed by atoms with Gasteiger partial charge < -0.3 is 55.8 Å². The third-order valence-electron chi connectivity index (χ3n) is 6.90. The van der Waals surface area contributed by atoms with Gasteiger partial charge in [-0.15, -0.1) is 0 Å². The third kappa shape index (κ3) is 8.12. The van der Waals surface area contributed by atoms with E-state index in [4.69, 9.17) is 22.3 Å². The van der Waals surface area contributed by atoms with Crippen LogP contribution in [0.5, 0.6) is 0 Å². The molecule has 5 rings (SSSR count). The first kappa shape index (κ1) is 35.0. The molecule has 2 unspecified atom stereocenters. The fourth-order valence-corrected chi connectivity index (χ4v) is 7.41. The van der Waals surface area contributed by atoms with Crippen molar-refractivity contribution in [2.24, 2.45) is 5.73 Å². The maximum absolute atomic E-state index is 12.6. The largest absolute Gasteiger partial charge is 0.481 e. The number of carbonyl (C=O) groups is 1. The number of nitrogen functional groups attached to an aromatic ring is 1. The highest BCUT2D eigenvalue weighted by Crippen LogP contribution is 2.61. The van der Waals surface area contributed by atoms with Crippen molar-refractivity contribution < 1.29 is 86.7 Å². The highest BCUT2D eigenvalue weighted by molar-refractivity contribution is 7.61. The Morgan fingerprint density at radius 2 is 1.65 bits per heavy atom. The smallest absolute Gasteiger partial charge is 0.387 e. The Hall–Kier alpha value is -2.86. The SMILES string of the molecule is [2H]c1cc[n+]([C@@H]2O[C@H](COP(=O)(O)OP(=O)(O)OC[C@H]3O[C@@H](n4cnc5c(N)ncnc54)[C@H](OP(=O)(O)O)[C@@H]3O)[C@@H](O)[C@H]2O)cc1C(N)=O. The number of pyridine rings is 1. The zero-order valence-electron chi connectivity index (χ0n) is 24.9. The number of ether oxygens (including phenoxy) is 2. The molecule has 11 N–H and O–H groups in total. The van der Waals surface area contributed by atoms with Crippen LogP contribution in [0, 0.1) is 0 Å². The molecule has 24 nitrogen and oxygen atoms in total. The van der Waals surface area contributed by atoms with Gasteiger partial charge in [-0.3, -0.25) is 22.9 Å². The second-order valence-corrected chi connectivity index (χ2v) is 14.4. The second kappa shape index (κ2) is 13.8. The molecule has 2 saturated heterocycles. The normalized spacial score (nSPS) is 30.6. The van der Waals surface area contributed by atoms with Crippen molar-refractivity contribution >= 4 is 46.4 Å². The molecule has 2 aliphatic heterocycles. The molecule has 2 aliphatic rings. The molecule has 0 aromatic carbocycles. The Labute approximate surface area is 269 Å². The lowest BCUT2D eigenvalue weighted by atomic mass is 10.1. The van der Waals surface area contributed by atoms with E-state index in [1.54, 1.807) is 0 Å². The number of imidazole rings is 1. The van der Waals surface area contributed by atoms with Crippen molar-refractivity contribution in [3.63, 3.8) is 0 Å². The first-order valence-electron chi connectivity index (χ1n) is 13.8. The zero-order chi connectivity index (χ0) is 36.1.